The van der Waals surface area contributed by atoms with Crippen LogP contribution in [0.25, 0.3) is 11.4 Å². The van der Waals surface area contributed by atoms with Crippen LogP contribution in [-0.4, -0.2) is 32.8 Å². The molecular formula is C18H20N4OS. The molecule has 124 valence electrons. The van der Waals surface area contributed by atoms with Crippen molar-refractivity contribution in [1.29, 1.82) is 0 Å². The Morgan fingerprint density at radius 1 is 1.33 bits per heavy atom. The van der Waals surface area contributed by atoms with E-state index < -0.39 is 0 Å². The van der Waals surface area contributed by atoms with Gasteiger partial charge in [0.25, 0.3) is 5.91 Å². The van der Waals surface area contributed by atoms with Crippen molar-refractivity contribution >= 4 is 17.2 Å². The second kappa shape index (κ2) is 6.57. The Labute approximate surface area is 145 Å². The number of H-pyrrole nitrogens is 1. The highest BCUT2D eigenvalue weighted by Crippen LogP contribution is 2.27. The number of carbonyl (C=O) groups is 1. The summed E-state index contributed by atoms with van der Waals surface area (Å²) < 4.78 is 0. The minimum atomic E-state index is -0.0743. The largest absolute Gasteiger partial charge is 0.345 e. The Morgan fingerprint density at radius 3 is 2.75 bits per heavy atom. The van der Waals surface area contributed by atoms with Crippen molar-refractivity contribution in [3.05, 3.63) is 57.8 Å². The molecule has 0 aliphatic heterocycles. The molecule has 0 fully saturated rings. The predicted octanol–water partition coefficient (Wildman–Crippen LogP) is 3.98. The van der Waals surface area contributed by atoms with Crippen molar-refractivity contribution in [1.82, 2.24) is 19.9 Å². The monoisotopic (exact) mass is 340 g/mol. The van der Waals surface area contributed by atoms with Gasteiger partial charge in [0, 0.05) is 35.4 Å². The van der Waals surface area contributed by atoms with E-state index in [-0.39, 0.29) is 11.9 Å². The highest BCUT2D eigenvalue weighted by molar-refractivity contribution is 7.11. The quantitative estimate of drug-likeness (QED) is 0.781. The minimum absolute atomic E-state index is 0.0269. The Kier molecular flexibility index (Phi) is 4.49. The van der Waals surface area contributed by atoms with Gasteiger partial charge < -0.3 is 9.88 Å². The normalized spacial score (nSPS) is 12.2. The van der Waals surface area contributed by atoms with Gasteiger partial charge in [-0.2, -0.15) is 0 Å². The zero-order valence-electron chi connectivity index (χ0n) is 14.2. The summed E-state index contributed by atoms with van der Waals surface area (Å²) in [5.41, 5.74) is 2.51. The van der Waals surface area contributed by atoms with Crippen LogP contribution in [0, 0.1) is 13.8 Å². The number of amides is 1. The summed E-state index contributed by atoms with van der Waals surface area (Å²) in [5, 5.41) is 1.02. The van der Waals surface area contributed by atoms with Gasteiger partial charge in [0.05, 0.1) is 16.7 Å². The molecule has 5 nitrogen and oxygen atoms in total. The molecule has 24 heavy (non-hydrogen) atoms. The summed E-state index contributed by atoms with van der Waals surface area (Å²) >= 11 is 1.66. The van der Waals surface area contributed by atoms with Gasteiger partial charge in [0.1, 0.15) is 5.82 Å². The molecule has 1 amide bonds. The molecule has 3 aromatic rings. The lowest BCUT2D eigenvalue weighted by molar-refractivity contribution is 0.0740. The predicted molar refractivity (Wildman–Crippen MR) is 96.1 cm³/mol. The van der Waals surface area contributed by atoms with Gasteiger partial charge in [0.15, 0.2) is 0 Å². The van der Waals surface area contributed by atoms with E-state index in [1.807, 2.05) is 52.1 Å². The van der Waals surface area contributed by atoms with Gasteiger partial charge in [-0.3, -0.25) is 4.79 Å². The minimum Gasteiger partial charge on any atom is -0.345 e. The van der Waals surface area contributed by atoms with Crippen molar-refractivity contribution in [3.63, 3.8) is 0 Å². The number of nitrogens with one attached hydrogen (secondary N) is 1. The molecule has 0 aliphatic carbocycles. The lowest BCUT2D eigenvalue weighted by Gasteiger charge is -2.24. The topological polar surface area (TPSA) is 61.9 Å². The maximum atomic E-state index is 12.9. The number of nitrogens with zero attached hydrogens (tertiary/aromatic N) is 3. The summed E-state index contributed by atoms with van der Waals surface area (Å²) in [6, 6.07) is 7.44. The maximum Gasteiger partial charge on any atom is 0.254 e. The molecule has 0 spiro atoms. The first-order chi connectivity index (χ1) is 11.5. The average molecular weight is 340 g/mol. The van der Waals surface area contributed by atoms with Crippen molar-refractivity contribution in [3.8, 4) is 11.4 Å². The molecule has 1 N–H and O–H groups in total. The third kappa shape index (κ3) is 3.10. The van der Waals surface area contributed by atoms with Gasteiger partial charge >= 0.3 is 0 Å². The number of hydrogen-bond donors (Lipinski definition) is 1. The van der Waals surface area contributed by atoms with Gasteiger partial charge in [-0.1, -0.05) is 12.1 Å². The molecular weight excluding hydrogens is 320 g/mol. The van der Waals surface area contributed by atoms with Crippen LogP contribution < -0.4 is 0 Å². The number of aromatic nitrogens is 3. The summed E-state index contributed by atoms with van der Waals surface area (Å²) in [7, 11) is 1.82. The third-order valence-corrected chi connectivity index (χ3v) is 5.02. The number of benzene rings is 1. The molecule has 1 atom stereocenters. The molecule has 1 unspecified atom stereocenters. The van der Waals surface area contributed by atoms with Crippen molar-refractivity contribution < 1.29 is 4.79 Å². The van der Waals surface area contributed by atoms with Crippen molar-refractivity contribution in [2.45, 2.75) is 26.8 Å². The maximum absolute atomic E-state index is 12.9. The second-order valence-corrected chi connectivity index (χ2v) is 7.19. The summed E-state index contributed by atoms with van der Waals surface area (Å²) in [5.74, 6) is 0.729. The SMILES string of the molecule is Cc1nc(C(C)N(C)C(=O)c2cccc(-c3ncc[nH]3)c2)c(C)s1. The fourth-order valence-corrected chi connectivity index (χ4v) is 3.63. The smallest absolute Gasteiger partial charge is 0.254 e. The number of aryl methyl sites for hydroxylation is 2. The molecule has 0 aliphatic rings. The zero-order valence-corrected chi connectivity index (χ0v) is 15.0. The molecule has 1 aromatic carbocycles. The highest BCUT2D eigenvalue weighted by Gasteiger charge is 2.23. The van der Waals surface area contributed by atoms with Crippen LogP contribution in [0.1, 0.15) is 38.9 Å². The van der Waals surface area contributed by atoms with E-state index in [2.05, 4.69) is 15.0 Å². The number of imidazole rings is 1. The van der Waals surface area contributed by atoms with Crippen LogP contribution in [0.3, 0.4) is 0 Å². The van der Waals surface area contributed by atoms with E-state index in [0.717, 1.165) is 27.0 Å². The third-order valence-electron chi connectivity index (χ3n) is 4.12. The van der Waals surface area contributed by atoms with E-state index in [9.17, 15) is 4.79 Å². The molecule has 2 aromatic heterocycles. The standard InChI is InChI=1S/C18H20N4OS/c1-11(16-12(2)24-13(3)21-16)22(4)18(23)15-7-5-6-14(10-15)17-19-8-9-20-17/h5-11H,1-4H3,(H,19,20). The number of thiazole rings is 1. The van der Waals surface area contributed by atoms with Crippen LogP contribution in [0.15, 0.2) is 36.7 Å². The average Bonchev–Trinajstić information content (AvgIpc) is 3.22. The van der Waals surface area contributed by atoms with E-state index in [1.54, 1.807) is 28.6 Å². The van der Waals surface area contributed by atoms with E-state index in [0.29, 0.717) is 5.56 Å². The van der Waals surface area contributed by atoms with Crippen LogP contribution in [-0.2, 0) is 0 Å². The Morgan fingerprint density at radius 2 is 2.12 bits per heavy atom. The fraction of sp³-hybridized carbons (Fsp3) is 0.278. The molecule has 0 bridgehead atoms. The second-order valence-electron chi connectivity index (χ2n) is 5.78. The number of carbonyl (C=O) groups excluding carboxylic acids is 1. The van der Waals surface area contributed by atoms with Crippen molar-refractivity contribution in [2.75, 3.05) is 7.05 Å². The van der Waals surface area contributed by atoms with Gasteiger partial charge in [-0.25, -0.2) is 9.97 Å². The fourth-order valence-electron chi connectivity index (χ4n) is 2.72. The number of hydrogen-bond acceptors (Lipinski definition) is 4. The van der Waals surface area contributed by atoms with Gasteiger partial charge in [0.2, 0.25) is 0 Å². The van der Waals surface area contributed by atoms with Crippen LogP contribution >= 0.6 is 11.3 Å². The summed E-state index contributed by atoms with van der Waals surface area (Å²) in [4.78, 5) is 27.6. The van der Waals surface area contributed by atoms with E-state index in [1.165, 1.54) is 0 Å². The summed E-state index contributed by atoms with van der Waals surface area (Å²) in [6.07, 6.45) is 3.47. The lowest BCUT2D eigenvalue weighted by Crippen LogP contribution is -2.30. The first-order valence-corrected chi connectivity index (χ1v) is 8.60. The molecule has 6 heteroatoms. The Hall–Kier alpha value is -2.47. The van der Waals surface area contributed by atoms with Crippen LogP contribution in [0.2, 0.25) is 0 Å². The van der Waals surface area contributed by atoms with Crippen molar-refractivity contribution in [2.24, 2.45) is 0 Å². The lowest BCUT2D eigenvalue weighted by atomic mass is 10.1. The first-order valence-electron chi connectivity index (χ1n) is 7.78. The van der Waals surface area contributed by atoms with Gasteiger partial charge in [-0.15, -0.1) is 11.3 Å². The molecule has 3 rings (SSSR count). The van der Waals surface area contributed by atoms with Crippen LogP contribution in [0.5, 0.6) is 0 Å². The molecule has 0 radical (unpaired) electrons. The van der Waals surface area contributed by atoms with Gasteiger partial charge in [-0.05, 0) is 32.9 Å². The number of aromatic amines is 1. The number of rotatable bonds is 4. The van der Waals surface area contributed by atoms with E-state index >= 15 is 0 Å². The highest BCUT2D eigenvalue weighted by atomic mass is 32.1. The first kappa shape index (κ1) is 16.4. The summed E-state index contributed by atoms with van der Waals surface area (Å²) in [6.45, 7) is 6.05. The Bertz CT molecular complexity index is 854. The molecule has 2 heterocycles. The molecule has 0 saturated heterocycles. The zero-order chi connectivity index (χ0) is 17.3. The molecule has 0 saturated carbocycles. The van der Waals surface area contributed by atoms with Crippen LogP contribution in [0.4, 0.5) is 0 Å². The van der Waals surface area contributed by atoms with E-state index in [4.69, 9.17) is 0 Å². The Balaban J connectivity index is 1.86.